The number of hydrogen-bond donors (Lipinski definition) is 2. The van der Waals surface area contributed by atoms with Gasteiger partial charge in [0.15, 0.2) is 0 Å². The van der Waals surface area contributed by atoms with E-state index in [4.69, 9.17) is 0 Å². The van der Waals surface area contributed by atoms with Crippen LogP contribution in [0.1, 0.15) is 6.42 Å². The van der Waals surface area contributed by atoms with Gasteiger partial charge in [0.25, 0.3) is 0 Å². The topological polar surface area (TPSA) is 24.1 Å². The van der Waals surface area contributed by atoms with Gasteiger partial charge < -0.3 is 5.43 Å². The maximum atomic E-state index is 3.06. The highest BCUT2D eigenvalue weighted by molar-refractivity contribution is 5.35. The van der Waals surface area contributed by atoms with Gasteiger partial charge >= 0.3 is 0 Å². The molecule has 0 saturated carbocycles. The first-order chi connectivity index (χ1) is 3.97. The lowest BCUT2D eigenvalue weighted by atomic mass is 10.2. The second-order valence-electron chi connectivity index (χ2n) is 2.10. The van der Waals surface area contributed by atoms with Crippen molar-refractivity contribution >= 4 is 0 Å². The SMILES string of the molecule is C1=CC2=C(C1)CNN2. The van der Waals surface area contributed by atoms with E-state index < -0.39 is 0 Å². The molecule has 0 aromatic rings. The molecule has 2 aliphatic rings. The van der Waals surface area contributed by atoms with Gasteiger partial charge in [0.05, 0.1) is 0 Å². The van der Waals surface area contributed by atoms with Crippen LogP contribution < -0.4 is 10.9 Å². The second kappa shape index (κ2) is 1.36. The third-order valence-electron chi connectivity index (χ3n) is 1.55. The van der Waals surface area contributed by atoms with Gasteiger partial charge in [0.2, 0.25) is 0 Å². The molecule has 1 aliphatic carbocycles. The van der Waals surface area contributed by atoms with Gasteiger partial charge in [0, 0.05) is 12.2 Å². The Labute approximate surface area is 48.2 Å². The Morgan fingerprint density at radius 1 is 1.50 bits per heavy atom. The number of rotatable bonds is 0. The van der Waals surface area contributed by atoms with E-state index in [0.717, 1.165) is 13.0 Å². The van der Waals surface area contributed by atoms with Crippen molar-refractivity contribution in [3.05, 3.63) is 23.4 Å². The van der Waals surface area contributed by atoms with Crippen LogP contribution in [0.3, 0.4) is 0 Å². The highest BCUT2D eigenvalue weighted by Gasteiger charge is 2.12. The fourth-order valence-corrected chi connectivity index (χ4v) is 1.09. The smallest absolute Gasteiger partial charge is 0.0493 e. The molecule has 0 unspecified atom stereocenters. The summed E-state index contributed by atoms with van der Waals surface area (Å²) in [4.78, 5) is 0. The van der Waals surface area contributed by atoms with E-state index >= 15 is 0 Å². The molecule has 0 spiro atoms. The van der Waals surface area contributed by atoms with Gasteiger partial charge in [-0.05, 0) is 18.1 Å². The molecular formula is C6H8N2. The number of hydrazine groups is 1. The van der Waals surface area contributed by atoms with Crippen molar-refractivity contribution in [2.24, 2.45) is 0 Å². The Kier molecular flexibility index (Phi) is 0.704. The predicted octanol–water partition coefficient (Wildman–Crippen LogP) is 0.308. The van der Waals surface area contributed by atoms with Crippen LogP contribution in [0.25, 0.3) is 0 Å². The van der Waals surface area contributed by atoms with Gasteiger partial charge in [-0.2, -0.15) is 0 Å². The fourth-order valence-electron chi connectivity index (χ4n) is 1.09. The van der Waals surface area contributed by atoms with Crippen molar-refractivity contribution in [3.63, 3.8) is 0 Å². The lowest BCUT2D eigenvalue weighted by Gasteiger charge is -1.93. The third-order valence-corrected chi connectivity index (χ3v) is 1.55. The van der Waals surface area contributed by atoms with E-state index in [9.17, 15) is 0 Å². The van der Waals surface area contributed by atoms with Crippen molar-refractivity contribution in [3.8, 4) is 0 Å². The van der Waals surface area contributed by atoms with Crippen molar-refractivity contribution < 1.29 is 0 Å². The van der Waals surface area contributed by atoms with Crippen LogP contribution in [0, 0.1) is 0 Å². The molecule has 0 atom stereocenters. The Balaban J connectivity index is 2.33. The normalized spacial score (nSPS) is 24.0. The average Bonchev–Trinajstić information content (AvgIpc) is 2.15. The molecule has 1 aliphatic heterocycles. The standard InChI is InChI=1S/C6H8N2/c1-2-5-4-7-8-6(5)3-1/h1,3,7-8H,2,4H2. The van der Waals surface area contributed by atoms with E-state index in [-0.39, 0.29) is 0 Å². The molecular weight excluding hydrogens is 100 g/mol. The minimum atomic E-state index is 1.02. The lowest BCUT2D eigenvalue weighted by molar-refractivity contribution is 0.702. The highest BCUT2D eigenvalue weighted by Crippen LogP contribution is 2.17. The van der Waals surface area contributed by atoms with Crippen molar-refractivity contribution in [2.75, 3.05) is 6.54 Å². The molecule has 0 saturated heterocycles. The molecule has 0 fully saturated rings. The van der Waals surface area contributed by atoms with Crippen LogP contribution in [-0.2, 0) is 0 Å². The Hall–Kier alpha value is -0.760. The van der Waals surface area contributed by atoms with Crippen LogP contribution in [-0.4, -0.2) is 6.54 Å². The summed E-state index contributed by atoms with van der Waals surface area (Å²) in [5.41, 5.74) is 8.88. The number of allylic oxidation sites excluding steroid dienone is 2. The van der Waals surface area contributed by atoms with Crippen LogP contribution in [0.4, 0.5) is 0 Å². The summed E-state index contributed by atoms with van der Waals surface area (Å²) in [6.07, 6.45) is 5.43. The van der Waals surface area contributed by atoms with E-state index in [1.165, 1.54) is 11.3 Å². The van der Waals surface area contributed by atoms with Crippen LogP contribution >= 0.6 is 0 Å². The molecule has 0 radical (unpaired) electrons. The van der Waals surface area contributed by atoms with Gasteiger partial charge in [-0.15, -0.1) is 0 Å². The van der Waals surface area contributed by atoms with Gasteiger partial charge in [0.1, 0.15) is 0 Å². The first-order valence-electron chi connectivity index (χ1n) is 2.84. The summed E-state index contributed by atoms with van der Waals surface area (Å²) >= 11 is 0. The molecule has 2 heteroatoms. The number of hydrogen-bond acceptors (Lipinski definition) is 2. The first-order valence-corrected chi connectivity index (χ1v) is 2.84. The molecule has 0 aromatic heterocycles. The lowest BCUT2D eigenvalue weighted by Crippen LogP contribution is -2.23. The minimum Gasteiger partial charge on any atom is -0.321 e. The van der Waals surface area contributed by atoms with Gasteiger partial charge in [-0.25, -0.2) is 5.43 Å². The van der Waals surface area contributed by atoms with Crippen molar-refractivity contribution in [1.29, 1.82) is 0 Å². The van der Waals surface area contributed by atoms with Crippen LogP contribution in [0.15, 0.2) is 23.4 Å². The largest absolute Gasteiger partial charge is 0.321 e. The zero-order valence-electron chi connectivity index (χ0n) is 4.57. The molecule has 2 rings (SSSR count). The van der Waals surface area contributed by atoms with Crippen LogP contribution in [0.5, 0.6) is 0 Å². The van der Waals surface area contributed by atoms with Crippen molar-refractivity contribution in [1.82, 2.24) is 10.9 Å². The first kappa shape index (κ1) is 4.15. The third kappa shape index (κ3) is 0.406. The Bertz CT molecular complexity index is 167. The van der Waals surface area contributed by atoms with Gasteiger partial charge in [-0.1, -0.05) is 6.08 Å². The summed E-state index contributed by atoms with van der Waals surface area (Å²) in [5.74, 6) is 0. The summed E-state index contributed by atoms with van der Waals surface area (Å²) in [7, 11) is 0. The van der Waals surface area contributed by atoms with E-state index in [0.29, 0.717) is 0 Å². The quantitative estimate of drug-likeness (QED) is 0.466. The molecule has 42 valence electrons. The van der Waals surface area contributed by atoms with Crippen LogP contribution in [0.2, 0.25) is 0 Å². The molecule has 8 heavy (non-hydrogen) atoms. The zero-order valence-corrected chi connectivity index (χ0v) is 4.57. The summed E-state index contributed by atoms with van der Waals surface area (Å²) in [5, 5.41) is 0. The fraction of sp³-hybridized carbons (Fsp3) is 0.333. The maximum Gasteiger partial charge on any atom is 0.0493 e. The molecule has 0 amide bonds. The average molecular weight is 108 g/mol. The number of nitrogens with one attached hydrogen (secondary N) is 2. The molecule has 0 aromatic carbocycles. The van der Waals surface area contributed by atoms with Crippen molar-refractivity contribution in [2.45, 2.75) is 6.42 Å². The van der Waals surface area contributed by atoms with E-state index in [2.05, 4.69) is 23.0 Å². The molecule has 2 N–H and O–H groups in total. The molecule has 2 nitrogen and oxygen atoms in total. The molecule has 0 bridgehead atoms. The Morgan fingerprint density at radius 3 is 3.38 bits per heavy atom. The monoisotopic (exact) mass is 108 g/mol. The van der Waals surface area contributed by atoms with E-state index in [1.54, 1.807) is 0 Å². The summed E-state index contributed by atoms with van der Waals surface area (Å²) < 4.78 is 0. The highest BCUT2D eigenvalue weighted by atomic mass is 15.4. The summed E-state index contributed by atoms with van der Waals surface area (Å²) in [6, 6.07) is 0. The Morgan fingerprint density at radius 2 is 2.50 bits per heavy atom. The van der Waals surface area contributed by atoms with E-state index in [1.807, 2.05) is 0 Å². The van der Waals surface area contributed by atoms with Gasteiger partial charge in [-0.3, -0.25) is 0 Å². The zero-order chi connectivity index (χ0) is 5.40. The summed E-state index contributed by atoms with van der Waals surface area (Å²) in [6.45, 7) is 1.02. The molecule has 1 heterocycles. The minimum absolute atomic E-state index is 1.02. The predicted molar refractivity (Wildman–Crippen MR) is 31.9 cm³/mol. The second-order valence-corrected chi connectivity index (χ2v) is 2.10. The maximum absolute atomic E-state index is 3.06.